The van der Waals surface area contributed by atoms with Gasteiger partial charge < -0.3 is 4.74 Å². The Labute approximate surface area is 127 Å². The minimum atomic E-state index is -0.341. The number of nitrogens with zero attached hydrogens (tertiary/aromatic N) is 1. The summed E-state index contributed by atoms with van der Waals surface area (Å²) in [5, 5.41) is 7.03. The molecule has 1 heterocycles. The summed E-state index contributed by atoms with van der Waals surface area (Å²) in [7, 11) is 0. The first-order valence-corrected chi connectivity index (χ1v) is 8.15. The first kappa shape index (κ1) is 16.1. The first-order chi connectivity index (χ1) is 9.94. The van der Waals surface area contributed by atoms with Crippen LogP contribution in [0.25, 0.3) is 0 Å². The average molecular weight is 292 g/mol. The van der Waals surface area contributed by atoms with E-state index in [1.54, 1.807) is 6.92 Å². The molecule has 1 N–H and O–H groups in total. The molecule has 0 bridgehead atoms. The molecule has 1 aliphatic rings. The van der Waals surface area contributed by atoms with E-state index in [9.17, 15) is 4.79 Å². The van der Waals surface area contributed by atoms with Gasteiger partial charge in [0.25, 0.3) is 0 Å². The van der Waals surface area contributed by atoms with Crippen molar-refractivity contribution in [2.45, 2.75) is 59.8 Å². The topological polar surface area (TPSA) is 55.0 Å². The standard InChI is InChI=1S/C17H28N2O2/c1-5-21-16(20)15-11-13(18-19-15)8-9-14-12(2)7-6-10-17(14,3)4/h11-12,14H,5-10H2,1-4H3,(H,18,19). The Morgan fingerprint density at radius 3 is 2.95 bits per heavy atom. The molecule has 1 aliphatic carbocycles. The fourth-order valence-electron chi connectivity index (χ4n) is 3.82. The quantitative estimate of drug-likeness (QED) is 0.835. The van der Waals surface area contributed by atoms with Gasteiger partial charge in [-0.2, -0.15) is 5.10 Å². The van der Waals surface area contributed by atoms with E-state index in [4.69, 9.17) is 4.74 Å². The molecule has 1 saturated carbocycles. The second-order valence-corrected chi connectivity index (χ2v) is 7.00. The van der Waals surface area contributed by atoms with Crippen molar-refractivity contribution in [3.63, 3.8) is 0 Å². The van der Waals surface area contributed by atoms with E-state index < -0.39 is 0 Å². The molecular formula is C17H28N2O2. The molecule has 4 nitrogen and oxygen atoms in total. The van der Waals surface area contributed by atoms with Gasteiger partial charge in [0, 0.05) is 5.69 Å². The summed E-state index contributed by atoms with van der Waals surface area (Å²) < 4.78 is 4.96. The molecule has 0 aliphatic heterocycles. The van der Waals surface area contributed by atoms with E-state index in [-0.39, 0.29) is 5.97 Å². The van der Waals surface area contributed by atoms with Crippen molar-refractivity contribution in [3.05, 3.63) is 17.5 Å². The van der Waals surface area contributed by atoms with Crippen molar-refractivity contribution >= 4 is 5.97 Å². The lowest BCUT2D eigenvalue weighted by Crippen LogP contribution is -2.34. The second kappa shape index (κ2) is 6.63. The van der Waals surface area contributed by atoms with Crippen LogP contribution in [0.1, 0.15) is 69.6 Å². The van der Waals surface area contributed by atoms with E-state index in [2.05, 4.69) is 31.0 Å². The average Bonchev–Trinajstić information content (AvgIpc) is 2.86. The summed E-state index contributed by atoms with van der Waals surface area (Å²) in [5.74, 6) is 1.17. The van der Waals surface area contributed by atoms with E-state index in [1.165, 1.54) is 19.3 Å². The van der Waals surface area contributed by atoms with Crippen LogP contribution < -0.4 is 0 Å². The maximum atomic E-state index is 11.6. The molecular weight excluding hydrogens is 264 g/mol. The smallest absolute Gasteiger partial charge is 0.358 e. The number of H-pyrrole nitrogens is 1. The van der Waals surface area contributed by atoms with Crippen LogP contribution in [-0.2, 0) is 11.2 Å². The van der Waals surface area contributed by atoms with Gasteiger partial charge in [-0.1, -0.05) is 33.6 Å². The van der Waals surface area contributed by atoms with Crippen LogP contribution in [0.5, 0.6) is 0 Å². The zero-order valence-electron chi connectivity index (χ0n) is 13.7. The molecule has 1 aromatic heterocycles. The van der Waals surface area contributed by atoms with Gasteiger partial charge in [-0.05, 0) is 49.5 Å². The Hall–Kier alpha value is -1.32. The number of hydrogen-bond acceptors (Lipinski definition) is 3. The predicted octanol–water partition coefficient (Wildman–Crippen LogP) is 3.98. The third kappa shape index (κ3) is 3.86. The highest BCUT2D eigenvalue weighted by molar-refractivity contribution is 5.87. The van der Waals surface area contributed by atoms with Crippen LogP contribution in [0.4, 0.5) is 0 Å². The summed E-state index contributed by atoms with van der Waals surface area (Å²) in [6.07, 6.45) is 6.11. The number of aromatic amines is 1. The molecule has 21 heavy (non-hydrogen) atoms. The van der Waals surface area contributed by atoms with Gasteiger partial charge in [0.2, 0.25) is 0 Å². The Morgan fingerprint density at radius 2 is 2.29 bits per heavy atom. The Morgan fingerprint density at radius 1 is 1.52 bits per heavy atom. The molecule has 2 rings (SSSR count). The van der Waals surface area contributed by atoms with Gasteiger partial charge in [-0.3, -0.25) is 5.10 Å². The van der Waals surface area contributed by atoms with E-state index in [1.807, 2.05) is 6.07 Å². The van der Waals surface area contributed by atoms with Gasteiger partial charge in [0.15, 0.2) is 5.69 Å². The van der Waals surface area contributed by atoms with E-state index in [0.29, 0.717) is 17.7 Å². The second-order valence-electron chi connectivity index (χ2n) is 7.00. The minimum Gasteiger partial charge on any atom is -0.461 e. The van der Waals surface area contributed by atoms with Gasteiger partial charge in [-0.15, -0.1) is 0 Å². The zero-order valence-corrected chi connectivity index (χ0v) is 13.7. The molecule has 2 atom stereocenters. The van der Waals surface area contributed by atoms with Crippen LogP contribution in [0.3, 0.4) is 0 Å². The number of aromatic nitrogens is 2. The number of carbonyl (C=O) groups is 1. The number of aryl methyl sites for hydroxylation is 1. The molecule has 0 spiro atoms. The van der Waals surface area contributed by atoms with Crippen LogP contribution in [0.2, 0.25) is 0 Å². The van der Waals surface area contributed by atoms with Gasteiger partial charge in [0.05, 0.1) is 6.61 Å². The maximum absolute atomic E-state index is 11.6. The number of nitrogens with one attached hydrogen (secondary N) is 1. The molecule has 0 aromatic carbocycles. The number of esters is 1. The molecule has 1 aromatic rings. The fraction of sp³-hybridized carbons (Fsp3) is 0.765. The van der Waals surface area contributed by atoms with Crippen LogP contribution in [0, 0.1) is 17.3 Å². The normalized spacial score (nSPS) is 24.8. The van der Waals surface area contributed by atoms with Crippen LogP contribution in [0.15, 0.2) is 6.07 Å². The summed E-state index contributed by atoms with van der Waals surface area (Å²) in [6, 6.07) is 1.83. The van der Waals surface area contributed by atoms with Crippen molar-refractivity contribution in [1.29, 1.82) is 0 Å². The third-order valence-electron chi connectivity index (χ3n) is 5.01. The molecule has 1 fully saturated rings. The number of ether oxygens (including phenoxy) is 1. The van der Waals surface area contributed by atoms with Gasteiger partial charge >= 0.3 is 5.97 Å². The van der Waals surface area contributed by atoms with Crippen LogP contribution in [-0.4, -0.2) is 22.8 Å². The Balaban J connectivity index is 1.95. The maximum Gasteiger partial charge on any atom is 0.358 e. The van der Waals surface area contributed by atoms with E-state index >= 15 is 0 Å². The van der Waals surface area contributed by atoms with Crippen LogP contribution >= 0.6 is 0 Å². The molecule has 0 radical (unpaired) electrons. The van der Waals surface area contributed by atoms with Crippen molar-refractivity contribution in [2.24, 2.45) is 17.3 Å². The summed E-state index contributed by atoms with van der Waals surface area (Å²) in [4.78, 5) is 11.6. The lowest BCUT2D eigenvalue weighted by atomic mass is 9.62. The van der Waals surface area contributed by atoms with Crippen molar-refractivity contribution in [2.75, 3.05) is 6.61 Å². The lowest BCUT2D eigenvalue weighted by molar-refractivity contribution is 0.0519. The SMILES string of the molecule is CCOC(=O)c1cc(CCC2C(C)CCCC2(C)C)[nH]n1. The summed E-state index contributed by atoms with van der Waals surface area (Å²) in [5.41, 5.74) is 1.84. The highest BCUT2D eigenvalue weighted by atomic mass is 16.5. The highest BCUT2D eigenvalue weighted by Crippen LogP contribution is 2.45. The van der Waals surface area contributed by atoms with Crippen molar-refractivity contribution < 1.29 is 9.53 Å². The molecule has 4 heteroatoms. The summed E-state index contributed by atoms with van der Waals surface area (Å²) >= 11 is 0. The number of rotatable bonds is 5. The van der Waals surface area contributed by atoms with Crippen molar-refractivity contribution in [3.8, 4) is 0 Å². The molecule has 0 saturated heterocycles. The van der Waals surface area contributed by atoms with Crippen molar-refractivity contribution in [1.82, 2.24) is 10.2 Å². The largest absolute Gasteiger partial charge is 0.461 e. The molecule has 118 valence electrons. The van der Waals surface area contributed by atoms with Gasteiger partial charge in [-0.25, -0.2) is 4.79 Å². The Bertz CT molecular complexity index is 479. The van der Waals surface area contributed by atoms with Gasteiger partial charge in [0.1, 0.15) is 0 Å². The number of hydrogen-bond donors (Lipinski definition) is 1. The monoisotopic (exact) mass is 292 g/mol. The molecule has 2 unspecified atom stereocenters. The van der Waals surface area contributed by atoms with E-state index in [0.717, 1.165) is 30.4 Å². The highest BCUT2D eigenvalue weighted by Gasteiger charge is 2.36. The Kier molecular flexibility index (Phi) is 5.07. The molecule has 0 amide bonds. The minimum absolute atomic E-state index is 0.341. The lowest BCUT2D eigenvalue weighted by Gasteiger charge is -2.43. The first-order valence-electron chi connectivity index (χ1n) is 8.15. The number of carbonyl (C=O) groups excluding carboxylic acids is 1. The zero-order chi connectivity index (χ0) is 15.5. The fourth-order valence-corrected chi connectivity index (χ4v) is 3.82. The predicted molar refractivity (Wildman–Crippen MR) is 83.2 cm³/mol. The third-order valence-corrected chi connectivity index (χ3v) is 5.01. The summed E-state index contributed by atoms with van der Waals surface area (Å²) in [6.45, 7) is 9.35.